The summed E-state index contributed by atoms with van der Waals surface area (Å²) >= 11 is 7.70. The van der Waals surface area contributed by atoms with Crippen molar-refractivity contribution in [2.75, 3.05) is 50.1 Å². The Kier molecular flexibility index (Phi) is 6.41. The number of nitrogens with two attached hydrogens (primary N) is 1. The third kappa shape index (κ3) is 4.23. The molecule has 0 spiro atoms. The summed E-state index contributed by atoms with van der Waals surface area (Å²) in [5.41, 5.74) is 6.09. The highest BCUT2D eigenvalue weighted by Gasteiger charge is 2.49. The SMILES string of the molecule is Nc1nc2c(-c3c(Cl)cc4c(N5CCCNC5)nc(OC[C@@]56CCCN5C[C@H](F)C6)nc4c3F)ccc(F)c2s1. The van der Waals surface area contributed by atoms with Crippen molar-refractivity contribution in [1.82, 2.24) is 25.2 Å². The lowest BCUT2D eigenvalue weighted by Crippen LogP contribution is -2.44. The standard InChI is InChI=1S/C27H27ClF3N7OS/c28-17-9-16-21(20(31)19(17)15-3-4-18(30)23-22(15)34-25(32)40-23)35-26(36-24(16)37-7-2-6-33-13-37)39-12-27-5-1-8-38(27)11-14(29)10-27/h3-4,9,14,33H,1-2,5-8,10-13H2,(H2,32,34)/t14-,27+/m1/s1. The minimum absolute atomic E-state index is 0.0194. The fraction of sp³-hybridized carbons (Fsp3) is 0.444. The molecule has 40 heavy (non-hydrogen) atoms. The predicted molar refractivity (Wildman–Crippen MR) is 151 cm³/mol. The Morgan fingerprint density at radius 3 is 2.88 bits per heavy atom. The minimum atomic E-state index is -0.897. The second kappa shape index (κ2) is 9.86. The number of hydrogen-bond donors (Lipinski definition) is 2. The third-order valence-corrected chi connectivity index (χ3v) is 9.43. The maximum atomic E-state index is 16.5. The summed E-state index contributed by atoms with van der Waals surface area (Å²) in [5.74, 6) is -0.686. The number of ether oxygens (including phenoxy) is 1. The largest absolute Gasteiger partial charge is 0.461 e. The van der Waals surface area contributed by atoms with E-state index >= 15 is 4.39 Å². The number of fused-ring (bicyclic) bond motifs is 3. The van der Waals surface area contributed by atoms with Crippen molar-refractivity contribution >= 4 is 55.0 Å². The van der Waals surface area contributed by atoms with Crippen molar-refractivity contribution < 1.29 is 17.9 Å². The number of anilines is 2. The molecule has 4 aromatic rings. The van der Waals surface area contributed by atoms with E-state index in [9.17, 15) is 8.78 Å². The van der Waals surface area contributed by atoms with Crippen LogP contribution < -0.4 is 20.7 Å². The van der Waals surface area contributed by atoms with Crippen molar-refractivity contribution in [3.63, 3.8) is 0 Å². The summed E-state index contributed by atoms with van der Waals surface area (Å²) in [7, 11) is 0. The average molecular weight is 590 g/mol. The molecule has 0 radical (unpaired) electrons. The molecule has 0 unspecified atom stereocenters. The van der Waals surface area contributed by atoms with Crippen LogP contribution in [0.4, 0.5) is 24.1 Å². The number of rotatable bonds is 5. The van der Waals surface area contributed by atoms with Crippen LogP contribution in [0, 0.1) is 11.6 Å². The third-order valence-electron chi connectivity index (χ3n) is 8.24. The topological polar surface area (TPSA) is 92.4 Å². The van der Waals surface area contributed by atoms with Gasteiger partial charge < -0.3 is 15.4 Å². The highest BCUT2D eigenvalue weighted by molar-refractivity contribution is 7.22. The van der Waals surface area contributed by atoms with Crippen molar-refractivity contribution in [3.8, 4) is 17.1 Å². The van der Waals surface area contributed by atoms with E-state index in [4.69, 9.17) is 27.1 Å². The number of alkyl halides is 1. The maximum Gasteiger partial charge on any atom is 0.319 e. The minimum Gasteiger partial charge on any atom is -0.461 e. The molecule has 3 saturated heterocycles. The first-order valence-electron chi connectivity index (χ1n) is 13.4. The molecule has 8 nitrogen and oxygen atoms in total. The van der Waals surface area contributed by atoms with Gasteiger partial charge in [0, 0.05) is 36.0 Å². The lowest BCUT2D eigenvalue weighted by atomic mass is 9.95. The van der Waals surface area contributed by atoms with Gasteiger partial charge >= 0.3 is 6.01 Å². The van der Waals surface area contributed by atoms with Crippen molar-refractivity contribution in [3.05, 3.63) is 34.9 Å². The Morgan fingerprint density at radius 2 is 2.05 bits per heavy atom. The fourth-order valence-corrected chi connectivity index (χ4v) is 7.48. The van der Waals surface area contributed by atoms with E-state index in [0.29, 0.717) is 42.9 Å². The van der Waals surface area contributed by atoms with E-state index in [1.54, 1.807) is 6.07 Å². The summed E-state index contributed by atoms with van der Waals surface area (Å²) in [6.45, 7) is 3.53. The van der Waals surface area contributed by atoms with Gasteiger partial charge in [0.05, 0.1) is 27.4 Å². The van der Waals surface area contributed by atoms with Crippen LogP contribution in [-0.2, 0) is 0 Å². The molecule has 3 fully saturated rings. The van der Waals surface area contributed by atoms with Crippen LogP contribution in [0.5, 0.6) is 6.01 Å². The van der Waals surface area contributed by atoms with Crippen molar-refractivity contribution in [1.29, 1.82) is 0 Å². The second-order valence-corrected chi connectivity index (χ2v) is 12.2. The smallest absolute Gasteiger partial charge is 0.319 e. The number of hydrogen-bond acceptors (Lipinski definition) is 9. The molecule has 2 aromatic carbocycles. The van der Waals surface area contributed by atoms with Crippen molar-refractivity contribution in [2.45, 2.75) is 37.4 Å². The van der Waals surface area contributed by atoms with Gasteiger partial charge in [-0.15, -0.1) is 0 Å². The van der Waals surface area contributed by atoms with Crippen LogP contribution >= 0.6 is 22.9 Å². The van der Waals surface area contributed by atoms with Crippen LogP contribution in [0.2, 0.25) is 5.02 Å². The Morgan fingerprint density at radius 1 is 1.18 bits per heavy atom. The molecule has 13 heteroatoms. The summed E-state index contributed by atoms with van der Waals surface area (Å²) < 4.78 is 51.7. The molecule has 0 saturated carbocycles. The zero-order chi connectivity index (χ0) is 27.6. The molecule has 2 atom stereocenters. The first-order chi connectivity index (χ1) is 19.3. The van der Waals surface area contributed by atoms with Gasteiger partial charge in [-0.1, -0.05) is 22.9 Å². The molecule has 3 aliphatic heterocycles. The van der Waals surface area contributed by atoms with Gasteiger partial charge in [-0.25, -0.2) is 18.2 Å². The second-order valence-electron chi connectivity index (χ2n) is 10.7. The number of nitrogens with one attached hydrogen (secondary N) is 1. The average Bonchev–Trinajstić information content (AvgIpc) is 3.61. The first kappa shape index (κ1) is 26.0. The fourth-order valence-electron chi connectivity index (χ4n) is 6.42. The van der Waals surface area contributed by atoms with E-state index in [-0.39, 0.29) is 44.1 Å². The van der Waals surface area contributed by atoms with E-state index in [1.807, 2.05) is 4.90 Å². The first-order valence-corrected chi connectivity index (χ1v) is 14.5. The zero-order valence-electron chi connectivity index (χ0n) is 21.5. The van der Waals surface area contributed by atoms with E-state index < -0.39 is 23.3 Å². The molecular formula is C27H27ClF3N7OS. The lowest BCUT2D eigenvalue weighted by Gasteiger charge is -2.32. The normalized spacial score (nSPS) is 23.4. The summed E-state index contributed by atoms with van der Waals surface area (Å²) in [6.07, 6.45) is 2.18. The van der Waals surface area contributed by atoms with Crippen LogP contribution in [0.3, 0.4) is 0 Å². The highest BCUT2D eigenvalue weighted by atomic mass is 35.5. The summed E-state index contributed by atoms with van der Waals surface area (Å²) in [5, 5.41) is 4.04. The van der Waals surface area contributed by atoms with Gasteiger partial charge in [0.25, 0.3) is 0 Å². The van der Waals surface area contributed by atoms with Gasteiger partial charge in [0.15, 0.2) is 10.9 Å². The van der Waals surface area contributed by atoms with Crippen LogP contribution in [0.15, 0.2) is 18.2 Å². The van der Waals surface area contributed by atoms with Gasteiger partial charge in [-0.3, -0.25) is 10.2 Å². The Labute approximate surface area is 237 Å². The van der Waals surface area contributed by atoms with Crippen LogP contribution in [0.25, 0.3) is 32.2 Å². The van der Waals surface area contributed by atoms with E-state index in [2.05, 4.69) is 20.2 Å². The highest BCUT2D eigenvalue weighted by Crippen LogP contribution is 2.43. The molecule has 210 valence electrons. The van der Waals surface area contributed by atoms with Gasteiger partial charge in [-0.2, -0.15) is 9.97 Å². The summed E-state index contributed by atoms with van der Waals surface area (Å²) in [6, 6.07) is 4.35. The summed E-state index contributed by atoms with van der Waals surface area (Å²) in [4.78, 5) is 17.6. The number of benzene rings is 2. The monoisotopic (exact) mass is 589 g/mol. The number of aromatic nitrogens is 3. The molecular weight excluding hydrogens is 563 g/mol. The quantitative estimate of drug-likeness (QED) is 0.331. The lowest BCUT2D eigenvalue weighted by molar-refractivity contribution is 0.107. The van der Waals surface area contributed by atoms with E-state index in [0.717, 1.165) is 43.7 Å². The number of thiazole rings is 1. The predicted octanol–water partition coefficient (Wildman–Crippen LogP) is 5.13. The number of nitrogens with zero attached hydrogens (tertiary/aromatic N) is 5. The maximum absolute atomic E-state index is 16.5. The molecule has 7 rings (SSSR count). The van der Waals surface area contributed by atoms with Gasteiger partial charge in [0.2, 0.25) is 0 Å². The molecule has 0 bridgehead atoms. The molecule has 5 heterocycles. The molecule has 3 aliphatic rings. The molecule has 0 amide bonds. The van der Waals surface area contributed by atoms with E-state index in [1.165, 1.54) is 12.1 Å². The Hall–Kier alpha value is -2.93. The van der Waals surface area contributed by atoms with Crippen LogP contribution in [-0.4, -0.2) is 71.0 Å². The molecule has 3 N–H and O–H groups in total. The number of halogens is 4. The van der Waals surface area contributed by atoms with Gasteiger partial charge in [0.1, 0.15) is 29.9 Å². The Balaban J connectivity index is 1.36. The Bertz CT molecular complexity index is 1630. The van der Waals surface area contributed by atoms with Crippen molar-refractivity contribution in [2.24, 2.45) is 0 Å². The zero-order valence-corrected chi connectivity index (χ0v) is 23.1. The van der Waals surface area contributed by atoms with Crippen LogP contribution in [0.1, 0.15) is 25.7 Å². The van der Waals surface area contributed by atoms with Gasteiger partial charge in [-0.05, 0) is 50.6 Å². The molecule has 2 aromatic heterocycles. The number of nitrogen functional groups attached to an aromatic ring is 1. The molecule has 0 aliphatic carbocycles.